The van der Waals surface area contributed by atoms with E-state index in [0.717, 1.165) is 5.56 Å². The van der Waals surface area contributed by atoms with Crippen LogP contribution in [0.4, 0.5) is 0 Å². The van der Waals surface area contributed by atoms with Crippen molar-refractivity contribution >= 4 is 35.1 Å². The summed E-state index contributed by atoms with van der Waals surface area (Å²) in [4.78, 5) is 24.9. The second kappa shape index (κ2) is 6.67. The summed E-state index contributed by atoms with van der Waals surface area (Å²) in [6, 6.07) is 5.31. The van der Waals surface area contributed by atoms with Crippen molar-refractivity contribution < 1.29 is 14.7 Å². The Balaban J connectivity index is 2.00. The molecule has 2 atom stereocenters. The summed E-state index contributed by atoms with van der Waals surface area (Å²) < 4.78 is 0. The molecule has 1 aliphatic carbocycles. The smallest absolute Gasteiger partial charge is 0.306 e. The zero-order chi connectivity index (χ0) is 15.6. The highest BCUT2D eigenvalue weighted by molar-refractivity contribution is 6.42. The molecule has 1 fully saturated rings. The van der Waals surface area contributed by atoms with Crippen molar-refractivity contribution in [2.75, 3.05) is 7.05 Å². The maximum Gasteiger partial charge on any atom is 0.306 e. The number of amides is 1. The average molecular weight is 330 g/mol. The van der Waals surface area contributed by atoms with E-state index in [9.17, 15) is 9.59 Å². The molecule has 1 amide bonds. The van der Waals surface area contributed by atoms with Crippen LogP contribution in [0, 0.1) is 11.8 Å². The lowest BCUT2D eigenvalue weighted by molar-refractivity contribution is -0.141. The molecule has 0 aliphatic heterocycles. The SMILES string of the molecule is CN(Cc1cccc(Cl)c1Cl)C(=O)C1CCC(C(=O)O)C1. The topological polar surface area (TPSA) is 57.6 Å². The van der Waals surface area contributed by atoms with Gasteiger partial charge in [-0.25, -0.2) is 0 Å². The molecule has 1 N–H and O–H groups in total. The first-order chi connectivity index (χ1) is 9.90. The van der Waals surface area contributed by atoms with Crippen LogP contribution in [-0.4, -0.2) is 28.9 Å². The van der Waals surface area contributed by atoms with Gasteiger partial charge in [0.25, 0.3) is 0 Å². The number of rotatable bonds is 4. The molecule has 0 radical (unpaired) electrons. The Kier molecular flexibility index (Phi) is 5.12. The van der Waals surface area contributed by atoms with E-state index in [1.807, 2.05) is 6.07 Å². The fourth-order valence-corrected chi connectivity index (χ4v) is 3.13. The minimum Gasteiger partial charge on any atom is -0.481 e. The summed E-state index contributed by atoms with van der Waals surface area (Å²) in [6.07, 6.45) is 1.61. The molecule has 114 valence electrons. The van der Waals surface area contributed by atoms with Gasteiger partial charge in [-0.2, -0.15) is 0 Å². The Hall–Kier alpha value is -1.26. The number of carboxylic acid groups (broad SMARTS) is 1. The Morgan fingerprint density at radius 2 is 1.95 bits per heavy atom. The van der Waals surface area contributed by atoms with E-state index in [-0.39, 0.29) is 11.8 Å². The van der Waals surface area contributed by atoms with E-state index in [4.69, 9.17) is 28.3 Å². The molecule has 1 aliphatic rings. The predicted octanol–water partition coefficient (Wildman–Crippen LogP) is 3.45. The van der Waals surface area contributed by atoms with Crippen LogP contribution in [0.1, 0.15) is 24.8 Å². The van der Waals surface area contributed by atoms with Gasteiger partial charge in [0.1, 0.15) is 0 Å². The van der Waals surface area contributed by atoms with E-state index < -0.39 is 11.9 Å². The van der Waals surface area contributed by atoms with E-state index in [1.165, 1.54) is 0 Å². The first-order valence-electron chi connectivity index (χ1n) is 6.80. The minimum atomic E-state index is -0.814. The standard InChI is InChI=1S/C15H17Cl2NO3/c1-18(8-11-3-2-4-12(16)13(11)17)14(19)9-5-6-10(7-9)15(20)21/h2-4,9-10H,5-8H2,1H3,(H,20,21). The zero-order valence-corrected chi connectivity index (χ0v) is 13.2. The van der Waals surface area contributed by atoms with E-state index in [0.29, 0.717) is 35.9 Å². The fourth-order valence-electron chi connectivity index (χ4n) is 2.75. The zero-order valence-electron chi connectivity index (χ0n) is 11.7. The van der Waals surface area contributed by atoms with Crippen LogP contribution in [0.25, 0.3) is 0 Å². The molecule has 1 saturated carbocycles. The number of benzene rings is 1. The summed E-state index contributed by atoms with van der Waals surface area (Å²) in [6.45, 7) is 0.368. The van der Waals surface area contributed by atoms with Crippen molar-refractivity contribution in [2.45, 2.75) is 25.8 Å². The summed E-state index contributed by atoms with van der Waals surface area (Å²) in [5.74, 6) is -1.46. The highest BCUT2D eigenvalue weighted by Crippen LogP contribution is 2.33. The number of halogens is 2. The van der Waals surface area contributed by atoms with Crippen molar-refractivity contribution in [3.63, 3.8) is 0 Å². The number of carbonyl (C=O) groups is 2. The summed E-state index contributed by atoms with van der Waals surface area (Å²) in [7, 11) is 1.70. The number of nitrogens with zero attached hydrogens (tertiary/aromatic N) is 1. The number of hydrogen-bond donors (Lipinski definition) is 1. The molecular formula is C15H17Cl2NO3. The maximum atomic E-state index is 12.4. The number of carbonyl (C=O) groups excluding carboxylic acids is 1. The third kappa shape index (κ3) is 3.69. The van der Waals surface area contributed by atoms with Crippen molar-refractivity contribution in [3.05, 3.63) is 33.8 Å². The van der Waals surface area contributed by atoms with E-state index in [1.54, 1.807) is 24.1 Å². The summed E-state index contributed by atoms with van der Waals surface area (Å²) >= 11 is 12.1. The molecule has 0 spiro atoms. The predicted molar refractivity (Wildman–Crippen MR) is 81.4 cm³/mol. The Labute approximate surface area is 133 Å². The van der Waals surface area contributed by atoms with Crippen molar-refractivity contribution in [1.29, 1.82) is 0 Å². The van der Waals surface area contributed by atoms with Gasteiger partial charge < -0.3 is 10.0 Å². The summed E-state index contributed by atoms with van der Waals surface area (Å²) in [5.41, 5.74) is 0.785. The van der Waals surface area contributed by atoms with Gasteiger partial charge in [0.05, 0.1) is 16.0 Å². The number of aliphatic carboxylic acids is 1. The van der Waals surface area contributed by atoms with Gasteiger partial charge in [-0.3, -0.25) is 9.59 Å². The van der Waals surface area contributed by atoms with Gasteiger partial charge in [-0.15, -0.1) is 0 Å². The first kappa shape index (κ1) is 16.1. The normalized spacial score (nSPS) is 21.3. The third-order valence-corrected chi connectivity index (χ3v) is 4.80. The van der Waals surface area contributed by atoms with Gasteiger partial charge in [0, 0.05) is 19.5 Å². The van der Waals surface area contributed by atoms with Crippen LogP contribution in [0.15, 0.2) is 18.2 Å². The van der Waals surface area contributed by atoms with Crippen molar-refractivity contribution in [2.24, 2.45) is 11.8 Å². The lowest BCUT2D eigenvalue weighted by Crippen LogP contribution is -2.31. The molecular weight excluding hydrogens is 313 g/mol. The molecule has 2 unspecified atom stereocenters. The quantitative estimate of drug-likeness (QED) is 0.920. The highest BCUT2D eigenvalue weighted by Gasteiger charge is 2.35. The van der Waals surface area contributed by atoms with E-state index in [2.05, 4.69) is 0 Å². The van der Waals surface area contributed by atoms with Crippen molar-refractivity contribution in [3.8, 4) is 0 Å². The largest absolute Gasteiger partial charge is 0.481 e. The number of carboxylic acids is 1. The monoisotopic (exact) mass is 329 g/mol. The van der Waals surface area contributed by atoms with Crippen molar-refractivity contribution in [1.82, 2.24) is 4.90 Å². The van der Waals surface area contributed by atoms with Gasteiger partial charge >= 0.3 is 5.97 Å². The van der Waals surface area contributed by atoms with Crippen LogP contribution < -0.4 is 0 Å². The van der Waals surface area contributed by atoms with Gasteiger partial charge in [0.15, 0.2) is 0 Å². The summed E-state index contributed by atoms with van der Waals surface area (Å²) in [5, 5.41) is 9.91. The van der Waals surface area contributed by atoms with Crippen LogP contribution >= 0.6 is 23.2 Å². The van der Waals surface area contributed by atoms with Gasteiger partial charge in [-0.05, 0) is 30.9 Å². The molecule has 0 aromatic heterocycles. The number of hydrogen-bond acceptors (Lipinski definition) is 2. The van der Waals surface area contributed by atoms with Crippen LogP contribution in [0.3, 0.4) is 0 Å². The Bertz CT molecular complexity index is 562. The van der Waals surface area contributed by atoms with Gasteiger partial charge in [-0.1, -0.05) is 35.3 Å². The second-order valence-corrected chi connectivity index (χ2v) is 6.24. The molecule has 0 saturated heterocycles. The average Bonchev–Trinajstić information content (AvgIpc) is 2.93. The molecule has 6 heteroatoms. The Morgan fingerprint density at radius 1 is 1.29 bits per heavy atom. The van der Waals surface area contributed by atoms with Crippen LogP contribution in [0.5, 0.6) is 0 Å². The molecule has 21 heavy (non-hydrogen) atoms. The molecule has 1 aromatic carbocycles. The molecule has 4 nitrogen and oxygen atoms in total. The first-order valence-corrected chi connectivity index (χ1v) is 7.56. The molecule has 0 heterocycles. The highest BCUT2D eigenvalue weighted by atomic mass is 35.5. The minimum absolute atomic E-state index is 0.0326. The third-order valence-electron chi connectivity index (χ3n) is 3.95. The molecule has 1 aromatic rings. The maximum absolute atomic E-state index is 12.4. The van der Waals surface area contributed by atoms with E-state index >= 15 is 0 Å². The van der Waals surface area contributed by atoms with Crippen LogP contribution in [-0.2, 0) is 16.1 Å². The van der Waals surface area contributed by atoms with Gasteiger partial charge in [0.2, 0.25) is 5.91 Å². The molecule has 2 rings (SSSR count). The fraction of sp³-hybridized carbons (Fsp3) is 0.467. The second-order valence-electron chi connectivity index (χ2n) is 5.45. The Morgan fingerprint density at radius 3 is 2.57 bits per heavy atom. The lowest BCUT2D eigenvalue weighted by atomic mass is 10.0. The molecule has 0 bridgehead atoms. The lowest BCUT2D eigenvalue weighted by Gasteiger charge is -2.22. The van der Waals surface area contributed by atoms with Crippen LogP contribution in [0.2, 0.25) is 10.0 Å².